The highest BCUT2D eigenvalue weighted by molar-refractivity contribution is 5.43. The summed E-state index contributed by atoms with van der Waals surface area (Å²) in [6, 6.07) is 5.12. The van der Waals surface area contributed by atoms with Crippen LogP contribution < -0.4 is 10.1 Å². The van der Waals surface area contributed by atoms with E-state index in [0.717, 1.165) is 24.9 Å². The molecule has 0 fully saturated rings. The number of nitro benzene ring substituents is 1. The Bertz CT molecular complexity index is 481. The van der Waals surface area contributed by atoms with Crippen LogP contribution >= 0.6 is 0 Å². The van der Waals surface area contributed by atoms with Crippen LogP contribution in [-0.2, 0) is 6.42 Å². The Kier molecular flexibility index (Phi) is 6.15. The van der Waals surface area contributed by atoms with E-state index in [1.807, 2.05) is 0 Å². The molecule has 1 rings (SSSR count). The highest BCUT2D eigenvalue weighted by atomic mass is 16.6. The minimum absolute atomic E-state index is 0.113. The molecular formula is C16H26N2O3. The van der Waals surface area contributed by atoms with Gasteiger partial charge in [-0.25, -0.2) is 0 Å². The number of ether oxygens (including phenoxy) is 1. The van der Waals surface area contributed by atoms with Gasteiger partial charge in [0.05, 0.1) is 12.0 Å². The number of rotatable bonds is 7. The molecule has 0 saturated heterocycles. The van der Waals surface area contributed by atoms with E-state index in [1.54, 1.807) is 19.2 Å². The topological polar surface area (TPSA) is 64.4 Å². The summed E-state index contributed by atoms with van der Waals surface area (Å²) in [5.41, 5.74) is 1.14. The van der Waals surface area contributed by atoms with Crippen molar-refractivity contribution in [3.05, 3.63) is 33.9 Å². The van der Waals surface area contributed by atoms with E-state index in [0.29, 0.717) is 11.8 Å². The molecule has 0 heterocycles. The lowest BCUT2D eigenvalue weighted by molar-refractivity contribution is -0.384. The minimum atomic E-state index is -0.367. The standard InChI is InChI=1S/C16H26N2O3/c1-6-17-15(16(2,3)4)10-7-12-11-13(18(19)20)8-9-14(12)21-5/h8-9,11,15,17H,6-7,10H2,1-5H3. The van der Waals surface area contributed by atoms with E-state index in [4.69, 9.17) is 4.74 Å². The molecule has 0 aliphatic rings. The van der Waals surface area contributed by atoms with Gasteiger partial charge in [-0.2, -0.15) is 0 Å². The van der Waals surface area contributed by atoms with Gasteiger partial charge < -0.3 is 10.1 Å². The number of nitrogens with zero attached hydrogens (tertiary/aromatic N) is 1. The van der Waals surface area contributed by atoms with Crippen molar-refractivity contribution in [2.45, 2.75) is 46.6 Å². The Morgan fingerprint density at radius 2 is 2.05 bits per heavy atom. The number of benzene rings is 1. The fourth-order valence-corrected chi connectivity index (χ4v) is 2.46. The summed E-state index contributed by atoms with van der Waals surface area (Å²) in [5.74, 6) is 0.713. The SMILES string of the molecule is CCNC(CCc1cc([N+](=O)[O-])ccc1OC)C(C)(C)C. The highest BCUT2D eigenvalue weighted by Gasteiger charge is 2.24. The van der Waals surface area contributed by atoms with Gasteiger partial charge in [0.25, 0.3) is 5.69 Å². The lowest BCUT2D eigenvalue weighted by atomic mass is 9.83. The quantitative estimate of drug-likeness (QED) is 0.617. The molecule has 1 atom stereocenters. The molecule has 1 aromatic rings. The van der Waals surface area contributed by atoms with Crippen molar-refractivity contribution in [2.24, 2.45) is 5.41 Å². The summed E-state index contributed by atoms with van der Waals surface area (Å²) in [6.07, 6.45) is 1.66. The van der Waals surface area contributed by atoms with Crippen LogP contribution in [0.4, 0.5) is 5.69 Å². The maximum atomic E-state index is 10.9. The summed E-state index contributed by atoms with van der Waals surface area (Å²) in [4.78, 5) is 10.5. The molecule has 118 valence electrons. The van der Waals surface area contributed by atoms with Crippen LogP contribution in [0.1, 0.15) is 39.7 Å². The molecule has 0 aliphatic carbocycles. The Morgan fingerprint density at radius 3 is 2.52 bits per heavy atom. The molecule has 1 N–H and O–H groups in total. The summed E-state index contributed by atoms with van der Waals surface area (Å²) >= 11 is 0. The van der Waals surface area contributed by atoms with E-state index in [2.05, 4.69) is 33.0 Å². The third-order valence-corrected chi connectivity index (χ3v) is 3.67. The summed E-state index contributed by atoms with van der Waals surface area (Å²) in [5, 5.41) is 14.4. The average molecular weight is 294 g/mol. The van der Waals surface area contributed by atoms with Crippen molar-refractivity contribution in [1.82, 2.24) is 5.32 Å². The van der Waals surface area contributed by atoms with Crippen LogP contribution in [0, 0.1) is 15.5 Å². The predicted molar refractivity (Wildman–Crippen MR) is 84.9 cm³/mol. The second-order valence-corrected chi connectivity index (χ2v) is 6.27. The zero-order valence-electron chi connectivity index (χ0n) is 13.6. The highest BCUT2D eigenvalue weighted by Crippen LogP contribution is 2.28. The smallest absolute Gasteiger partial charge is 0.269 e. The van der Waals surface area contributed by atoms with Gasteiger partial charge in [-0.15, -0.1) is 0 Å². The largest absolute Gasteiger partial charge is 0.496 e. The normalized spacial score (nSPS) is 13.0. The van der Waals surface area contributed by atoms with Crippen molar-refractivity contribution in [1.29, 1.82) is 0 Å². The maximum absolute atomic E-state index is 10.9. The van der Waals surface area contributed by atoms with E-state index < -0.39 is 0 Å². The Balaban J connectivity index is 2.90. The van der Waals surface area contributed by atoms with Gasteiger partial charge in [-0.05, 0) is 30.9 Å². The van der Waals surface area contributed by atoms with Gasteiger partial charge in [0, 0.05) is 23.7 Å². The Hall–Kier alpha value is -1.62. The van der Waals surface area contributed by atoms with Crippen molar-refractivity contribution < 1.29 is 9.66 Å². The molecule has 0 amide bonds. The Labute approximate surface area is 126 Å². The second-order valence-electron chi connectivity index (χ2n) is 6.27. The van der Waals surface area contributed by atoms with Crippen LogP contribution in [0.2, 0.25) is 0 Å². The Morgan fingerprint density at radius 1 is 1.38 bits per heavy atom. The van der Waals surface area contributed by atoms with Crippen LogP contribution in [0.3, 0.4) is 0 Å². The fourth-order valence-electron chi connectivity index (χ4n) is 2.46. The summed E-state index contributed by atoms with van der Waals surface area (Å²) in [6.45, 7) is 9.60. The summed E-state index contributed by atoms with van der Waals surface area (Å²) < 4.78 is 5.31. The number of non-ortho nitro benzene ring substituents is 1. The lowest BCUT2D eigenvalue weighted by Gasteiger charge is -2.31. The number of aryl methyl sites for hydroxylation is 1. The molecule has 0 saturated carbocycles. The molecule has 0 radical (unpaired) electrons. The van der Waals surface area contributed by atoms with Crippen molar-refractivity contribution in [3.8, 4) is 5.75 Å². The zero-order chi connectivity index (χ0) is 16.0. The van der Waals surface area contributed by atoms with Gasteiger partial charge in [0.2, 0.25) is 0 Å². The van der Waals surface area contributed by atoms with E-state index >= 15 is 0 Å². The maximum Gasteiger partial charge on any atom is 0.269 e. The number of nitro groups is 1. The third kappa shape index (κ3) is 5.01. The van der Waals surface area contributed by atoms with Gasteiger partial charge in [-0.1, -0.05) is 27.7 Å². The fraction of sp³-hybridized carbons (Fsp3) is 0.625. The van der Waals surface area contributed by atoms with Crippen LogP contribution in [0.15, 0.2) is 18.2 Å². The molecule has 21 heavy (non-hydrogen) atoms. The first kappa shape index (κ1) is 17.4. The van der Waals surface area contributed by atoms with Gasteiger partial charge in [0.15, 0.2) is 0 Å². The molecule has 1 unspecified atom stereocenters. The average Bonchev–Trinajstić information content (AvgIpc) is 2.41. The van der Waals surface area contributed by atoms with Crippen LogP contribution in [0.5, 0.6) is 5.75 Å². The number of methoxy groups -OCH3 is 1. The predicted octanol–water partition coefficient (Wildman–Crippen LogP) is 3.56. The van der Waals surface area contributed by atoms with Crippen molar-refractivity contribution in [2.75, 3.05) is 13.7 Å². The van der Waals surface area contributed by atoms with Crippen LogP contribution in [0.25, 0.3) is 0 Å². The lowest BCUT2D eigenvalue weighted by Crippen LogP contribution is -2.40. The van der Waals surface area contributed by atoms with Gasteiger partial charge in [0.1, 0.15) is 5.75 Å². The van der Waals surface area contributed by atoms with E-state index in [9.17, 15) is 10.1 Å². The van der Waals surface area contributed by atoms with Gasteiger partial charge >= 0.3 is 0 Å². The molecular weight excluding hydrogens is 268 g/mol. The van der Waals surface area contributed by atoms with Crippen molar-refractivity contribution >= 4 is 5.69 Å². The van der Waals surface area contributed by atoms with Crippen LogP contribution in [-0.4, -0.2) is 24.6 Å². The van der Waals surface area contributed by atoms with E-state index in [1.165, 1.54) is 6.07 Å². The molecule has 0 aliphatic heterocycles. The van der Waals surface area contributed by atoms with E-state index in [-0.39, 0.29) is 16.0 Å². The number of hydrogen-bond donors (Lipinski definition) is 1. The second kappa shape index (κ2) is 7.41. The molecule has 1 aromatic carbocycles. The third-order valence-electron chi connectivity index (χ3n) is 3.67. The minimum Gasteiger partial charge on any atom is -0.496 e. The molecule has 0 aromatic heterocycles. The number of nitrogens with one attached hydrogen (secondary N) is 1. The monoisotopic (exact) mass is 294 g/mol. The number of hydrogen-bond acceptors (Lipinski definition) is 4. The first-order valence-corrected chi connectivity index (χ1v) is 7.34. The molecule has 5 nitrogen and oxygen atoms in total. The first-order valence-electron chi connectivity index (χ1n) is 7.34. The molecule has 0 bridgehead atoms. The first-order chi connectivity index (χ1) is 9.79. The molecule has 0 spiro atoms. The van der Waals surface area contributed by atoms with Gasteiger partial charge in [-0.3, -0.25) is 10.1 Å². The summed E-state index contributed by atoms with van der Waals surface area (Å²) in [7, 11) is 1.59. The molecule has 5 heteroatoms. The zero-order valence-corrected chi connectivity index (χ0v) is 13.6. The van der Waals surface area contributed by atoms with Crippen molar-refractivity contribution in [3.63, 3.8) is 0 Å².